The minimum atomic E-state index is -0.241. The summed E-state index contributed by atoms with van der Waals surface area (Å²) in [4.78, 5) is 11.9. The quantitative estimate of drug-likeness (QED) is 0.658. The maximum absolute atomic E-state index is 11.9. The Morgan fingerprint density at radius 1 is 1.37 bits per heavy atom. The molecule has 1 aliphatic carbocycles. The van der Waals surface area contributed by atoms with Crippen molar-refractivity contribution in [1.29, 1.82) is 0 Å². The summed E-state index contributed by atoms with van der Waals surface area (Å²) in [6.45, 7) is 5.48. The zero-order valence-corrected chi connectivity index (χ0v) is 12.4. The second kappa shape index (κ2) is 8.54. The maximum Gasteiger partial charge on any atom is 0.220 e. The van der Waals surface area contributed by atoms with Crippen LogP contribution in [-0.4, -0.2) is 30.2 Å². The fourth-order valence-electron chi connectivity index (χ4n) is 2.94. The first kappa shape index (κ1) is 16.4. The Bertz CT molecular complexity index is 269. The molecule has 0 bridgehead atoms. The van der Waals surface area contributed by atoms with E-state index in [1.165, 1.54) is 0 Å². The van der Waals surface area contributed by atoms with Crippen molar-refractivity contribution in [3.8, 4) is 0 Å². The number of hydrogen-bond acceptors (Lipinski definition) is 3. The van der Waals surface area contributed by atoms with Crippen LogP contribution in [0.2, 0.25) is 0 Å². The second-order valence-electron chi connectivity index (χ2n) is 6.35. The third-order valence-corrected chi connectivity index (χ3v) is 4.04. The Morgan fingerprint density at radius 2 is 2.05 bits per heavy atom. The van der Waals surface area contributed by atoms with Crippen molar-refractivity contribution in [2.45, 2.75) is 58.5 Å². The zero-order chi connectivity index (χ0) is 14.3. The number of carbonyl (C=O) groups excluding carboxylic acids is 1. The molecule has 0 spiro atoms. The van der Waals surface area contributed by atoms with Crippen molar-refractivity contribution < 1.29 is 9.90 Å². The molecule has 112 valence electrons. The van der Waals surface area contributed by atoms with E-state index in [4.69, 9.17) is 5.73 Å². The monoisotopic (exact) mass is 270 g/mol. The predicted octanol–water partition coefficient (Wildman–Crippen LogP) is 1.66. The average Bonchev–Trinajstić information content (AvgIpc) is 2.36. The van der Waals surface area contributed by atoms with Gasteiger partial charge >= 0.3 is 0 Å². The number of rotatable bonds is 7. The topological polar surface area (TPSA) is 75.4 Å². The van der Waals surface area contributed by atoms with E-state index in [-0.39, 0.29) is 23.8 Å². The highest BCUT2D eigenvalue weighted by atomic mass is 16.3. The van der Waals surface area contributed by atoms with Gasteiger partial charge in [-0.05, 0) is 37.6 Å². The highest BCUT2D eigenvalue weighted by Crippen LogP contribution is 2.23. The molecule has 0 saturated heterocycles. The molecular formula is C15H30N2O2. The standard InChI is InChI=1S/C15H30N2O2/c1-11(2)7-12(9-16)8-15(19)17-10-13-5-3-4-6-14(13)18/h11-14,18H,3-10,16H2,1-2H3,(H,17,19)/t12-,13?,14?/m0/s1. The molecule has 4 N–H and O–H groups in total. The minimum Gasteiger partial charge on any atom is -0.393 e. The fraction of sp³-hybridized carbons (Fsp3) is 0.933. The first-order valence-corrected chi connectivity index (χ1v) is 7.67. The van der Waals surface area contributed by atoms with Gasteiger partial charge in [-0.3, -0.25) is 4.79 Å². The summed E-state index contributed by atoms with van der Waals surface area (Å²) in [5.41, 5.74) is 5.71. The van der Waals surface area contributed by atoms with Crippen LogP contribution in [0.15, 0.2) is 0 Å². The molecule has 0 aromatic carbocycles. The van der Waals surface area contributed by atoms with Gasteiger partial charge in [0.25, 0.3) is 0 Å². The molecule has 19 heavy (non-hydrogen) atoms. The SMILES string of the molecule is CC(C)C[C@H](CN)CC(=O)NCC1CCCCC1O. The molecule has 0 aromatic heterocycles. The number of hydrogen-bond donors (Lipinski definition) is 3. The molecule has 2 unspecified atom stereocenters. The van der Waals surface area contributed by atoms with Gasteiger partial charge in [-0.15, -0.1) is 0 Å². The van der Waals surface area contributed by atoms with Gasteiger partial charge in [-0.2, -0.15) is 0 Å². The van der Waals surface area contributed by atoms with Crippen molar-refractivity contribution in [1.82, 2.24) is 5.32 Å². The van der Waals surface area contributed by atoms with Crippen molar-refractivity contribution in [2.24, 2.45) is 23.5 Å². The van der Waals surface area contributed by atoms with Gasteiger partial charge < -0.3 is 16.2 Å². The number of nitrogens with two attached hydrogens (primary N) is 1. The van der Waals surface area contributed by atoms with Crippen LogP contribution in [0.3, 0.4) is 0 Å². The normalized spacial score (nSPS) is 25.3. The maximum atomic E-state index is 11.9. The molecule has 0 heterocycles. The molecular weight excluding hydrogens is 240 g/mol. The van der Waals surface area contributed by atoms with Crippen LogP contribution < -0.4 is 11.1 Å². The van der Waals surface area contributed by atoms with Crippen LogP contribution in [0.4, 0.5) is 0 Å². The van der Waals surface area contributed by atoms with E-state index in [9.17, 15) is 9.90 Å². The fourth-order valence-corrected chi connectivity index (χ4v) is 2.94. The summed E-state index contributed by atoms with van der Waals surface area (Å²) in [5.74, 6) is 1.16. The number of nitrogens with one attached hydrogen (secondary N) is 1. The minimum absolute atomic E-state index is 0.0777. The van der Waals surface area contributed by atoms with Crippen molar-refractivity contribution >= 4 is 5.91 Å². The van der Waals surface area contributed by atoms with Crippen LogP contribution in [0.1, 0.15) is 52.4 Å². The highest BCUT2D eigenvalue weighted by molar-refractivity contribution is 5.76. The average molecular weight is 270 g/mol. The predicted molar refractivity (Wildman–Crippen MR) is 77.6 cm³/mol. The first-order chi connectivity index (χ1) is 9.02. The Balaban J connectivity index is 2.26. The largest absolute Gasteiger partial charge is 0.393 e. The lowest BCUT2D eigenvalue weighted by molar-refractivity contribution is -0.122. The van der Waals surface area contributed by atoms with E-state index in [0.717, 1.165) is 32.1 Å². The molecule has 4 heteroatoms. The number of aliphatic hydroxyl groups excluding tert-OH is 1. The summed E-state index contributed by atoms with van der Waals surface area (Å²) < 4.78 is 0. The second-order valence-corrected chi connectivity index (χ2v) is 6.35. The van der Waals surface area contributed by atoms with E-state index in [2.05, 4.69) is 19.2 Å². The smallest absolute Gasteiger partial charge is 0.220 e. The number of amides is 1. The van der Waals surface area contributed by atoms with Gasteiger partial charge in [0.05, 0.1) is 6.10 Å². The third kappa shape index (κ3) is 6.39. The zero-order valence-electron chi connectivity index (χ0n) is 12.4. The molecule has 1 rings (SSSR count). The summed E-state index contributed by atoms with van der Waals surface area (Å²) >= 11 is 0. The van der Waals surface area contributed by atoms with E-state index in [1.54, 1.807) is 0 Å². The van der Waals surface area contributed by atoms with Crippen LogP contribution in [0.25, 0.3) is 0 Å². The number of carbonyl (C=O) groups is 1. The van der Waals surface area contributed by atoms with Crippen LogP contribution in [0.5, 0.6) is 0 Å². The molecule has 1 amide bonds. The molecule has 1 fully saturated rings. The molecule has 3 atom stereocenters. The van der Waals surface area contributed by atoms with Crippen LogP contribution in [0, 0.1) is 17.8 Å². The molecule has 0 radical (unpaired) electrons. The van der Waals surface area contributed by atoms with Gasteiger partial charge in [0.15, 0.2) is 0 Å². The van der Waals surface area contributed by atoms with Crippen molar-refractivity contribution in [3.63, 3.8) is 0 Å². The third-order valence-electron chi connectivity index (χ3n) is 4.04. The van der Waals surface area contributed by atoms with Crippen molar-refractivity contribution in [3.05, 3.63) is 0 Å². The Hall–Kier alpha value is -0.610. The van der Waals surface area contributed by atoms with E-state index in [1.807, 2.05) is 0 Å². The Kier molecular flexibility index (Phi) is 7.39. The highest BCUT2D eigenvalue weighted by Gasteiger charge is 2.23. The summed E-state index contributed by atoms with van der Waals surface area (Å²) in [6.07, 6.45) is 5.43. The summed E-state index contributed by atoms with van der Waals surface area (Å²) in [6, 6.07) is 0. The van der Waals surface area contributed by atoms with Gasteiger partial charge in [0, 0.05) is 18.9 Å². The molecule has 1 saturated carbocycles. The Morgan fingerprint density at radius 3 is 2.63 bits per heavy atom. The first-order valence-electron chi connectivity index (χ1n) is 7.67. The van der Waals surface area contributed by atoms with Gasteiger partial charge in [-0.1, -0.05) is 26.7 Å². The summed E-state index contributed by atoms with van der Waals surface area (Å²) in [5, 5.41) is 12.8. The van der Waals surface area contributed by atoms with Gasteiger partial charge in [-0.25, -0.2) is 0 Å². The van der Waals surface area contributed by atoms with E-state index >= 15 is 0 Å². The molecule has 0 aromatic rings. The molecule has 0 aliphatic heterocycles. The van der Waals surface area contributed by atoms with Crippen molar-refractivity contribution in [2.75, 3.05) is 13.1 Å². The lowest BCUT2D eigenvalue weighted by atomic mass is 9.86. The molecule has 4 nitrogen and oxygen atoms in total. The number of aliphatic hydroxyl groups is 1. The molecule has 1 aliphatic rings. The lowest BCUT2D eigenvalue weighted by Crippen LogP contribution is -2.37. The van der Waals surface area contributed by atoms with E-state index in [0.29, 0.717) is 25.4 Å². The Labute approximate surface area is 117 Å². The van der Waals surface area contributed by atoms with Crippen LogP contribution in [-0.2, 0) is 4.79 Å². The van der Waals surface area contributed by atoms with Gasteiger partial charge in [0.1, 0.15) is 0 Å². The van der Waals surface area contributed by atoms with Crippen LogP contribution >= 0.6 is 0 Å². The lowest BCUT2D eigenvalue weighted by Gasteiger charge is -2.28. The summed E-state index contributed by atoms with van der Waals surface area (Å²) in [7, 11) is 0. The van der Waals surface area contributed by atoms with Gasteiger partial charge in [0.2, 0.25) is 5.91 Å². The van der Waals surface area contributed by atoms with E-state index < -0.39 is 0 Å².